The summed E-state index contributed by atoms with van der Waals surface area (Å²) in [5.41, 5.74) is 3.03. The minimum atomic E-state index is -0.470. The fraction of sp³-hybridized carbons (Fsp3) is 0.333. The van der Waals surface area contributed by atoms with E-state index in [1.54, 1.807) is 6.08 Å². The molecule has 1 aliphatic carbocycles. The van der Waals surface area contributed by atoms with E-state index in [9.17, 15) is 10.1 Å². The Kier molecular flexibility index (Phi) is 6.58. The van der Waals surface area contributed by atoms with Gasteiger partial charge in [0, 0.05) is 23.5 Å². The molecule has 1 aromatic carbocycles. The fourth-order valence-corrected chi connectivity index (χ4v) is 4.81. The molecule has 158 valence electrons. The highest BCUT2D eigenvalue weighted by molar-refractivity contribution is 7.15. The van der Waals surface area contributed by atoms with Gasteiger partial charge in [-0.3, -0.25) is 10.1 Å². The van der Waals surface area contributed by atoms with Crippen LogP contribution in [0.2, 0.25) is 0 Å². The molecule has 0 radical (unpaired) electrons. The predicted octanol–water partition coefficient (Wildman–Crippen LogP) is 5.48. The number of carbonyl (C=O) groups is 1. The smallest absolute Gasteiger partial charge is 0.268 e. The summed E-state index contributed by atoms with van der Waals surface area (Å²) in [5, 5.41) is 22.1. The summed E-state index contributed by atoms with van der Waals surface area (Å²) in [6.07, 6.45) is 10.5. The van der Waals surface area contributed by atoms with Gasteiger partial charge in [0.2, 0.25) is 5.13 Å². The van der Waals surface area contributed by atoms with Crippen LogP contribution in [0.1, 0.15) is 61.2 Å². The van der Waals surface area contributed by atoms with Crippen LogP contribution in [0.3, 0.4) is 0 Å². The van der Waals surface area contributed by atoms with Gasteiger partial charge in [-0.1, -0.05) is 49.7 Å². The number of nitrogens with one attached hydrogen (secondary N) is 1. The largest absolute Gasteiger partial charge is 0.317 e. The van der Waals surface area contributed by atoms with Gasteiger partial charge in [0.1, 0.15) is 16.6 Å². The van der Waals surface area contributed by atoms with Gasteiger partial charge in [-0.2, -0.15) is 5.26 Å². The predicted molar refractivity (Wildman–Crippen MR) is 123 cm³/mol. The van der Waals surface area contributed by atoms with E-state index in [4.69, 9.17) is 0 Å². The average molecular weight is 432 g/mol. The number of carbonyl (C=O) groups excluding carboxylic acids is 1. The monoisotopic (exact) mass is 431 g/mol. The summed E-state index contributed by atoms with van der Waals surface area (Å²) < 4.78 is 1.95. The van der Waals surface area contributed by atoms with Gasteiger partial charge in [-0.15, -0.1) is 10.2 Å². The van der Waals surface area contributed by atoms with Gasteiger partial charge in [0.25, 0.3) is 5.91 Å². The lowest BCUT2D eigenvalue weighted by atomic mass is 9.90. The molecule has 1 aliphatic rings. The molecule has 1 fully saturated rings. The molecule has 3 aromatic rings. The molecule has 2 heterocycles. The first-order valence-electron chi connectivity index (χ1n) is 10.7. The molecule has 31 heavy (non-hydrogen) atoms. The van der Waals surface area contributed by atoms with E-state index < -0.39 is 5.91 Å². The highest BCUT2D eigenvalue weighted by Crippen LogP contribution is 2.35. The van der Waals surface area contributed by atoms with Gasteiger partial charge in [0.15, 0.2) is 0 Å². The molecule has 6 nitrogen and oxygen atoms in total. The molecule has 7 heteroatoms. The number of aryl methyl sites for hydroxylation is 1. The molecule has 0 spiro atoms. The van der Waals surface area contributed by atoms with Gasteiger partial charge >= 0.3 is 0 Å². The van der Waals surface area contributed by atoms with Crippen molar-refractivity contribution in [3.8, 4) is 11.8 Å². The van der Waals surface area contributed by atoms with Crippen molar-refractivity contribution in [1.29, 1.82) is 5.26 Å². The molecule has 0 bridgehead atoms. The average Bonchev–Trinajstić information content (AvgIpc) is 3.47. The zero-order valence-electron chi connectivity index (χ0n) is 17.5. The van der Waals surface area contributed by atoms with Gasteiger partial charge in [-0.05, 0) is 55.2 Å². The van der Waals surface area contributed by atoms with Crippen molar-refractivity contribution in [2.24, 2.45) is 0 Å². The molecule has 1 N–H and O–H groups in total. The van der Waals surface area contributed by atoms with Crippen molar-refractivity contribution in [3.05, 3.63) is 64.4 Å². The van der Waals surface area contributed by atoms with Crippen LogP contribution in [0.5, 0.6) is 0 Å². The molecule has 0 atom stereocenters. The number of hydrogen-bond acceptors (Lipinski definition) is 5. The molecule has 2 aromatic heterocycles. The van der Waals surface area contributed by atoms with Crippen molar-refractivity contribution in [3.63, 3.8) is 0 Å². The van der Waals surface area contributed by atoms with Crippen LogP contribution in [-0.2, 0) is 11.2 Å². The number of benzene rings is 1. The molecule has 0 aliphatic heterocycles. The Morgan fingerprint density at radius 1 is 1.23 bits per heavy atom. The van der Waals surface area contributed by atoms with E-state index in [0.29, 0.717) is 11.0 Å². The molecular formula is C24H25N5OS. The first-order valence-corrected chi connectivity index (χ1v) is 11.5. The molecule has 1 amide bonds. The van der Waals surface area contributed by atoms with Crippen LogP contribution in [0, 0.1) is 11.3 Å². The van der Waals surface area contributed by atoms with Gasteiger partial charge in [0.05, 0.1) is 0 Å². The topological polar surface area (TPSA) is 83.6 Å². The Labute approximate surface area is 186 Å². The molecule has 0 unspecified atom stereocenters. The zero-order valence-corrected chi connectivity index (χ0v) is 18.4. The van der Waals surface area contributed by atoms with Crippen LogP contribution in [0.15, 0.2) is 48.2 Å². The SMILES string of the molecule is CCc1ccc(-n2cccc2/C=C(/C#N)C(=O)Nc2nnc(C3CCCCC3)s2)cc1. The number of amides is 1. The van der Waals surface area contributed by atoms with E-state index in [-0.39, 0.29) is 5.57 Å². The third-order valence-corrected chi connectivity index (χ3v) is 6.68. The quantitative estimate of drug-likeness (QED) is 0.413. The Balaban J connectivity index is 1.50. The Morgan fingerprint density at radius 2 is 2.00 bits per heavy atom. The maximum Gasteiger partial charge on any atom is 0.268 e. The lowest BCUT2D eigenvalue weighted by Gasteiger charge is -2.18. The maximum absolute atomic E-state index is 12.7. The van der Waals surface area contributed by atoms with E-state index >= 15 is 0 Å². The summed E-state index contributed by atoms with van der Waals surface area (Å²) in [4.78, 5) is 12.7. The van der Waals surface area contributed by atoms with Crippen LogP contribution >= 0.6 is 11.3 Å². The van der Waals surface area contributed by atoms with Crippen molar-refractivity contribution < 1.29 is 4.79 Å². The van der Waals surface area contributed by atoms with Crippen LogP contribution in [0.25, 0.3) is 11.8 Å². The normalized spacial score (nSPS) is 14.9. The first kappa shape index (κ1) is 21.0. The van der Waals surface area contributed by atoms with Crippen LogP contribution in [0.4, 0.5) is 5.13 Å². The third kappa shape index (κ3) is 4.92. The molecular weight excluding hydrogens is 406 g/mol. The second-order valence-electron chi connectivity index (χ2n) is 7.73. The Bertz CT molecular complexity index is 1110. The van der Waals surface area contributed by atoms with Crippen molar-refractivity contribution >= 4 is 28.5 Å². The molecule has 0 saturated heterocycles. The number of nitriles is 1. The number of aromatic nitrogens is 3. The van der Waals surface area contributed by atoms with E-state index in [1.165, 1.54) is 36.2 Å². The third-order valence-electron chi connectivity index (χ3n) is 5.68. The second kappa shape index (κ2) is 9.71. The lowest BCUT2D eigenvalue weighted by Crippen LogP contribution is -2.13. The molecule has 4 rings (SSSR count). The minimum Gasteiger partial charge on any atom is -0.317 e. The summed E-state index contributed by atoms with van der Waals surface area (Å²) in [5.74, 6) is -0.0341. The second-order valence-corrected chi connectivity index (χ2v) is 8.74. The first-order chi connectivity index (χ1) is 15.2. The minimum absolute atomic E-state index is 0.0274. The lowest BCUT2D eigenvalue weighted by molar-refractivity contribution is -0.112. The van der Waals surface area contributed by atoms with Crippen molar-refractivity contribution in [2.45, 2.75) is 51.4 Å². The van der Waals surface area contributed by atoms with Crippen molar-refractivity contribution in [2.75, 3.05) is 5.32 Å². The highest BCUT2D eigenvalue weighted by atomic mass is 32.1. The summed E-state index contributed by atoms with van der Waals surface area (Å²) in [6.45, 7) is 2.12. The summed E-state index contributed by atoms with van der Waals surface area (Å²) >= 11 is 1.41. The van der Waals surface area contributed by atoms with Crippen molar-refractivity contribution in [1.82, 2.24) is 14.8 Å². The van der Waals surface area contributed by atoms with Crippen LogP contribution < -0.4 is 5.32 Å². The maximum atomic E-state index is 12.7. The van der Waals surface area contributed by atoms with E-state index in [1.807, 2.05) is 41.1 Å². The van der Waals surface area contributed by atoms with Gasteiger partial charge in [-0.25, -0.2) is 0 Å². The fourth-order valence-electron chi connectivity index (χ4n) is 3.90. The number of anilines is 1. The standard InChI is InChI=1S/C24H25N5OS/c1-2-17-10-12-20(13-11-17)29-14-6-9-21(29)15-19(16-25)22(30)26-24-28-27-23(31-24)18-7-4-3-5-8-18/h6,9-15,18H,2-5,7-8H2,1H3,(H,26,28,30)/b19-15-. The number of nitrogens with zero attached hydrogens (tertiary/aromatic N) is 4. The number of rotatable bonds is 6. The van der Waals surface area contributed by atoms with E-state index in [2.05, 4.69) is 34.6 Å². The van der Waals surface area contributed by atoms with E-state index in [0.717, 1.165) is 35.7 Å². The molecule has 1 saturated carbocycles. The highest BCUT2D eigenvalue weighted by Gasteiger charge is 2.21. The summed E-state index contributed by atoms with van der Waals surface area (Å²) in [7, 11) is 0. The van der Waals surface area contributed by atoms with Crippen LogP contribution in [-0.4, -0.2) is 20.7 Å². The Morgan fingerprint density at radius 3 is 2.71 bits per heavy atom. The number of hydrogen-bond donors (Lipinski definition) is 1. The summed E-state index contributed by atoms with van der Waals surface area (Å²) in [6, 6.07) is 14.0. The zero-order chi connectivity index (χ0) is 21.6. The van der Waals surface area contributed by atoms with Gasteiger partial charge < -0.3 is 4.57 Å². The Hall–Kier alpha value is -3.24.